The summed E-state index contributed by atoms with van der Waals surface area (Å²) >= 11 is 0. The molecule has 0 aromatic carbocycles. The Morgan fingerprint density at radius 3 is 1.69 bits per heavy atom. The van der Waals surface area contributed by atoms with E-state index in [1.54, 1.807) is 0 Å². The number of rotatable bonds is 6. The Labute approximate surface area is 75.7 Å². The van der Waals surface area contributed by atoms with Crippen LogP contribution in [0.2, 0.25) is 0 Å². The van der Waals surface area contributed by atoms with Crippen LogP contribution < -0.4 is 22.5 Å². The molecule has 13 heavy (non-hydrogen) atoms. The van der Waals surface area contributed by atoms with Gasteiger partial charge in [0.1, 0.15) is 0 Å². The van der Waals surface area contributed by atoms with Crippen molar-refractivity contribution >= 4 is 11.8 Å². The van der Waals surface area contributed by atoms with Crippen LogP contribution in [0, 0.1) is 0 Å². The number of amides is 2. The third-order valence-electron chi connectivity index (χ3n) is 1.27. The molecule has 0 unspecified atom stereocenters. The van der Waals surface area contributed by atoms with Crippen LogP contribution in [0.15, 0.2) is 0 Å². The summed E-state index contributed by atoms with van der Waals surface area (Å²) in [5.41, 5.74) is 3.92. The van der Waals surface area contributed by atoms with E-state index in [9.17, 15) is 9.59 Å². The number of ether oxygens (including phenoxy) is 1. The topological polar surface area (TPSA) is 119 Å². The minimum Gasteiger partial charge on any atom is -0.380 e. The van der Waals surface area contributed by atoms with Crippen LogP contribution in [-0.2, 0) is 14.3 Å². The molecule has 0 spiro atoms. The summed E-state index contributed by atoms with van der Waals surface area (Å²) in [7, 11) is 0. The van der Waals surface area contributed by atoms with Gasteiger partial charge in [0.15, 0.2) is 0 Å². The number of carbonyl (C=O) groups excluding carboxylic acids is 2. The van der Waals surface area contributed by atoms with Gasteiger partial charge in [-0.1, -0.05) is 0 Å². The largest absolute Gasteiger partial charge is 0.380 e. The van der Waals surface area contributed by atoms with Crippen molar-refractivity contribution in [2.45, 2.75) is 12.8 Å². The molecule has 0 bridgehead atoms. The standard InChI is InChI=1S/C6H14N4O3/c7-9-5(11)1-3-13-4-2-6(12)10-8/h1-4,7-8H2,(H,9,11)(H,10,12). The van der Waals surface area contributed by atoms with E-state index in [2.05, 4.69) is 0 Å². The van der Waals surface area contributed by atoms with Gasteiger partial charge in [0.25, 0.3) is 0 Å². The van der Waals surface area contributed by atoms with E-state index >= 15 is 0 Å². The quantitative estimate of drug-likeness (QED) is 0.163. The highest BCUT2D eigenvalue weighted by molar-refractivity contribution is 5.75. The van der Waals surface area contributed by atoms with Crippen molar-refractivity contribution in [3.8, 4) is 0 Å². The first kappa shape index (κ1) is 11.8. The van der Waals surface area contributed by atoms with Crippen LogP contribution in [0.5, 0.6) is 0 Å². The van der Waals surface area contributed by atoms with Gasteiger partial charge in [0.05, 0.1) is 26.1 Å². The minimum atomic E-state index is -0.303. The Morgan fingerprint density at radius 1 is 1.00 bits per heavy atom. The number of carbonyl (C=O) groups is 2. The average molecular weight is 190 g/mol. The Balaban J connectivity index is 3.17. The SMILES string of the molecule is NNC(=O)CCOCCC(=O)NN. The van der Waals surface area contributed by atoms with Crippen LogP contribution in [0.3, 0.4) is 0 Å². The molecule has 0 aromatic heterocycles. The maximum atomic E-state index is 10.5. The fourth-order valence-corrected chi connectivity index (χ4v) is 0.576. The van der Waals surface area contributed by atoms with Crippen LogP contribution in [0.25, 0.3) is 0 Å². The second-order valence-corrected chi connectivity index (χ2v) is 2.25. The molecule has 2 amide bonds. The third-order valence-corrected chi connectivity index (χ3v) is 1.27. The molecule has 0 saturated carbocycles. The Morgan fingerprint density at radius 2 is 1.38 bits per heavy atom. The first-order valence-corrected chi connectivity index (χ1v) is 3.77. The molecular weight excluding hydrogens is 176 g/mol. The smallest absolute Gasteiger partial charge is 0.236 e. The molecule has 0 saturated heterocycles. The van der Waals surface area contributed by atoms with Gasteiger partial charge in [-0.25, -0.2) is 11.7 Å². The summed E-state index contributed by atoms with van der Waals surface area (Å²) < 4.78 is 4.95. The van der Waals surface area contributed by atoms with Crippen LogP contribution in [0.4, 0.5) is 0 Å². The van der Waals surface area contributed by atoms with Gasteiger partial charge in [-0.15, -0.1) is 0 Å². The molecule has 0 aromatic rings. The van der Waals surface area contributed by atoms with Crippen molar-refractivity contribution in [3.05, 3.63) is 0 Å². The molecule has 76 valence electrons. The normalized spacial score (nSPS) is 9.38. The molecule has 0 rings (SSSR count). The summed E-state index contributed by atoms with van der Waals surface area (Å²) in [6.45, 7) is 0.474. The van der Waals surface area contributed by atoms with E-state index < -0.39 is 0 Å². The molecule has 0 heterocycles. The van der Waals surface area contributed by atoms with Gasteiger partial charge in [-0.3, -0.25) is 20.4 Å². The van der Waals surface area contributed by atoms with Crippen LogP contribution in [0.1, 0.15) is 12.8 Å². The highest BCUT2D eigenvalue weighted by Crippen LogP contribution is 1.85. The third kappa shape index (κ3) is 7.19. The predicted octanol–water partition coefficient (Wildman–Crippen LogP) is -2.24. The number of hydrogen-bond acceptors (Lipinski definition) is 5. The Hall–Kier alpha value is -1.18. The number of hydrazine groups is 2. The van der Waals surface area contributed by atoms with Crippen molar-refractivity contribution < 1.29 is 14.3 Å². The zero-order valence-electron chi connectivity index (χ0n) is 7.21. The second-order valence-electron chi connectivity index (χ2n) is 2.25. The average Bonchev–Trinajstić information content (AvgIpc) is 2.16. The van der Waals surface area contributed by atoms with Crippen molar-refractivity contribution in [3.63, 3.8) is 0 Å². The molecule has 7 nitrogen and oxygen atoms in total. The monoisotopic (exact) mass is 190 g/mol. The summed E-state index contributed by atoms with van der Waals surface area (Å²) in [5, 5.41) is 0. The van der Waals surface area contributed by atoms with Gasteiger partial charge in [-0.2, -0.15) is 0 Å². The van der Waals surface area contributed by atoms with E-state index in [1.165, 1.54) is 0 Å². The van der Waals surface area contributed by atoms with Crippen LogP contribution >= 0.6 is 0 Å². The molecule has 0 aliphatic heterocycles. The van der Waals surface area contributed by atoms with E-state index in [1.807, 2.05) is 10.9 Å². The summed E-state index contributed by atoms with van der Waals surface area (Å²) in [4.78, 5) is 21.1. The maximum absolute atomic E-state index is 10.5. The minimum absolute atomic E-state index is 0.181. The zero-order chi connectivity index (χ0) is 10.1. The van der Waals surface area contributed by atoms with E-state index in [0.29, 0.717) is 0 Å². The molecule has 6 N–H and O–H groups in total. The lowest BCUT2D eigenvalue weighted by atomic mass is 10.4. The summed E-state index contributed by atoms with van der Waals surface area (Å²) in [6.07, 6.45) is 0.363. The van der Waals surface area contributed by atoms with Crippen molar-refractivity contribution in [1.29, 1.82) is 0 Å². The lowest BCUT2D eigenvalue weighted by molar-refractivity contribution is -0.122. The van der Waals surface area contributed by atoms with Crippen molar-refractivity contribution in [2.24, 2.45) is 11.7 Å². The molecule has 0 aliphatic rings. The van der Waals surface area contributed by atoms with Gasteiger partial charge in [0, 0.05) is 0 Å². The summed E-state index contributed by atoms with van der Waals surface area (Å²) in [5.74, 6) is 9.04. The first-order valence-electron chi connectivity index (χ1n) is 3.77. The highest BCUT2D eigenvalue weighted by atomic mass is 16.5. The van der Waals surface area contributed by atoms with Crippen molar-refractivity contribution in [2.75, 3.05) is 13.2 Å². The molecule has 7 heteroatoms. The van der Waals surface area contributed by atoms with E-state index in [4.69, 9.17) is 16.4 Å². The number of nitrogens with one attached hydrogen (secondary N) is 2. The lowest BCUT2D eigenvalue weighted by Crippen LogP contribution is -2.32. The Bertz CT molecular complexity index is 155. The molecule has 0 radical (unpaired) electrons. The Kier molecular flexibility index (Phi) is 6.79. The fraction of sp³-hybridized carbons (Fsp3) is 0.667. The zero-order valence-corrected chi connectivity index (χ0v) is 7.21. The number of nitrogens with two attached hydrogens (primary N) is 2. The van der Waals surface area contributed by atoms with E-state index in [-0.39, 0.29) is 37.9 Å². The van der Waals surface area contributed by atoms with Gasteiger partial charge >= 0.3 is 0 Å². The van der Waals surface area contributed by atoms with E-state index in [0.717, 1.165) is 0 Å². The number of hydrogen-bond donors (Lipinski definition) is 4. The lowest BCUT2D eigenvalue weighted by Gasteiger charge is -2.02. The maximum Gasteiger partial charge on any atom is 0.236 e. The van der Waals surface area contributed by atoms with Gasteiger partial charge in [-0.05, 0) is 0 Å². The van der Waals surface area contributed by atoms with Crippen molar-refractivity contribution in [1.82, 2.24) is 10.9 Å². The predicted molar refractivity (Wildman–Crippen MR) is 44.7 cm³/mol. The highest BCUT2D eigenvalue weighted by Gasteiger charge is 1.99. The van der Waals surface area contributed by atoms with Gasteiger partial charge in [0.2, 0.25) is 11.8 Å². The molecule has 0 aliphatic carbocycles. The summed E-state index contributed by atoms with van der Waals surface area (Å²) in [6, 6.07) is 0. The second kappa shape index (κ2) is 7.47. The van der Waals surface area contributed by atoms with Gasteiger partial charge < -0.3 is 4.74 Å². The first-order chi connectivity index (χ1) is 6.20. The molecule has 0 fully saturated rings. The fourth-order valence-electron chi connectivity index (χ4n) is 0.576. The molecular formula is C6H14N4O3. The molecule has 0 atom stereocenters. The van der Waals surface area contributed by atoms with Crippen LogP contribution in [-0.4, -0.2) is 25.0 Å².